The lowest BCUT2D eigenvalue weighted by Crippen LogP contribution is -2.20. The van der Waals surface area contributed by atoms with Crippen molar-refractivity contribution in [3.63, 3.8) is 0 Å². The first-order valence-corrected chi connectivity index (χ1v) is 50.3. The fourth-order valence-corrected chi connectivity index (χ4v) is 15.8. The number of nitrogens with zero attached hydrogens (tertiary/aromatic N) is 3. The maximum atomic E-state index is 7.17. The quantitative estimate of drug-likeness (QED) is 0.0416. The van der Waals surface area contributed by atoms with Gasteiger partial charge in [0.25, 0.3) is 0 Å². The molecule has 0 amide bonds. The van der Waals surface area contributed by atoms with E-state index in [0.717, 1.165) is 0 Å². The van der Waals surface area contributed by atoms with Crippen LogP contribution in [0.15, 0.2) is 0 Å². The smallest absolute Gasteiger partial charge is 0.402 e. The van der Waals surface area contributed by atoms with Gasteiger partial charge >= 0.3 is 7.32 Å². The van der Waals surface area contributed by atoms with Gasteiger partial charge in [0, 0.05) is 0 Å². The maximum Gasteiger partial charge on any atom is 0.631 e. The van der Waals surface area contributed by atoms with E-state index in [1.165, 1.54) is 579 Å². The molecule has 0 radical (unpaired) electrons. The summed E-state index contributed by atoms with van der Waals surface area (Å²) in [6.45, 7) is 21.7. The van der Waals surface area contributed by atoms with Crippen molar-refractivity contribution in [3.8, 4) is 0 Å². The van der Waals surface area contributed by atoms with Crippen LogP contribution in [0.2, 0.25) is 0 Å². The highest BCUT2D eigenvalue weighted by Crippen LogP contribution is 2.21. The Labute approximate surface area is 674 Å². The van der Waals surface area contributed by atoms with Gasteiger partial charge in [-0.2, -0.15) is 0 Å². The van der Waals surface area contributed by atoms with E-state index in [4.69, 9.17) is 15.1 Å². The van der Waals surface area contributed by atoms with Crippen LogP contribution in [0.4, 0.5) is 0 Å². The highest BCUT2D eigenvalue weighted by Gasteiger charge is 2.05. The Kier molecular flexibility index (Phi) is 115. The molecule has 3 N–H and O–H groups in total. The molecule has 0 aromatic rings. The third kappa shape index (κ3) is 120. The van der Waals surface area contributed by atoms with Gasteiger partial charge in [-0.1, -0.05) is 542 Å². The molecule has 0 unspecified atom stereocenters. The summed E-state index contributed by atoms with van der Waals surface area (Å²) in [4.78, 5) is 7.75. The predicted octanol–water partition coefficient (Wildman–Crippen LogP) is 33.6. The molecule has 0 atom stereocenters. The molecule has 106 heavy (non-hydrogen) atoms. The second-order valence-electron chi connectivity index (χ2n) is 34.8. The molecular weight excluding hydrogens is 1290 g/mol. The first kappa shape index (κ1) is 112. The van der Waals surface area contributed by atoms with E-state index < -0.39 is 7.32 Å². The summed E-state index contributed by atoms with van der Waals surface area (Å²) in [7, 11) is 4.85. The molecule has 0 heterocycles. The summed E-state index contributed by atoms with van der Waals surface area (Å²) in [5, 5.41) is 21.5. The standard InChI is InChI=1S/3C33H69N.BH3O3/c3*1-4-6-8-10-12-14-16-18-20-22-24-26-28-30-32-34(3)33-31-29-27-25-23-21-19-17-15-13-11-9-7-5-2;2-1(3)4/h3*4-33H2,1-3H3;2-4H. The maximum absolute atomic E-state index is 7.17. The molecule has 0 saturated heterocycles. The second kappa shape index (κ2) is 109. The van der Waals surface area contributed by atoms with E-state index in [0.29, 0.717) is 0 Å². The lowest BCUT2D eigenvalue weighted by atomic mass is 10.0. The molecule has 0 aliphatic carbocycles. The molecule has 642 valence electrons. The third-order valence-corrected chi connectivity index (χ3v) is 23.4. The van der Waals surface area contributed by atoms with Crippen LogP contribution < -0.4 is 0 Å². The summed E-state index contributed by atoms with van der Waals surface area (Å²) in [5.41, 5.74) is 0. The molecule has 0 fully saturated rings. The van der Waals surface area contributed by atoms with Gasteiger partial charge in [-0.25, -0.2) is 0 Å². The molecule has 0 aliphatic heterocycles. The molecule has 0 aliphatic rings. The first-order chi connectivity index (χ1) is 52.2. The van der Waals surface area contributed by atoms with Crippen LogP contribution in [0.1, 0.15) is 581 Å². The molecule has 0 rings (SSSR count). The Bertz CT molecular complexity index is 1150. The van der Waals surface area contributed by atoms with Crippen LogP contribution in [0.25, 0.3) is 0 Å². The van der Waals surface area contributed by atoms with Crippen molar-refractivity contribution in [3.05, 3.63) is 0 Å². The van der Waals surface area contributed by atoms with Crippen LogP contribution in [0, 0.1) is 0 Å². The van der Waals surface area contributed by atoms with E-state index in [2.05, 4.69) is 77.4 Å². The van der Waals surface area contributed by atoms with Crippen molar-refractivity contribution in [2.24, 2.45) is 0 Å². The summed E-state index contributed by atoms with van der Waals surface area (Å²) in [6.07, 6.45) is 123. The third-order valence-electron chi connectivity index (χ3n) is 23.4. The lowest BCUT2D eigenvalue weighted by molar-refractivity contribution is 0.278. The average molecular weight is 1500 g/mol. The van der Waals surface area contributed by atoms with E-state index in [9.17, 15) is 0 Å². The van der Waals surface area contributed by atoms with Crippen molar-refractivity contribution in [1.29, 1.82) is 0 Å². The number of rotatable bonds is 90. The van der Waals surface area contributed by atoms with Crippen molar-refractivity contribution in [2.75, 3.05) is 60.4 Å². The van der Waals surface area contributed by atoms with Crippen molar-refractivity contribution in [2.45, 2.75) is 581 Å². The van der Waals surface area contributed by atoms with Crippen LogP contribution in [-0.2, 0) is 0 Å². The lowest BCUT2D eigenvalue weighted by Gasteiger charge is -2.16. The zero-order valence-electron chi connectivity index (χ0n) is 75.9. The van der Waals surface area contributed by atoms with Gasteiger partial charge in [-0.15, -0.1) is 0 Å². The number of hydrogen-bond donors (Lipinski definition) is 3. The molecule has 7 heteroatoms. The Morgan fingerprint density at radius 3 is 0.245 bits per heavy atom. The summed E-state index contributed by atoms with van der Waals surface area (Å²) in [5.74, 6) is 0. The molecule has 0 aromatic heterocycles. The monoisotopic (exact) mass is 1500 g/mol. The topological polar surface area (TPSA) is 70.4 Å². The molecule has 0 aromatic carbocycles. The largest absolute Gasteiger partial charge is 0.631 e. The minimum absolute atomic E-state index is 1.32. The van der Waals surface area contributed by atoms with Crippen molar-refractivity contribution in [1.82, 2.24) is 14.7 Å². The predicted molar refractivity (Wildman–Crippen MR) is 487 cm³/mol. The van der Waals surface area contributed by atoms with Crippen molar-refractivity contribution < 1.29 is 15.1 Å². The normalized spacial score (nSPS) is 11.5. The van der Waals surface area contributed by atoms with Crippen molar-refractivity contribution >= 4 is 7.32 Å². The number of unbranched alkanes of at least 4 members (excludes halogenated alkanes) is 78. The average Bonchev–Trinajstić information content (AvgIpc) is 3.03. The fourth-order valence-electron chi connectivity index (χ4n) is 15.8. The Balaban J connectivity index is -0.000000716. The fraction of sp³-hybridized carbons (Fsp3) is 1.00. The van der Waals surface area contributed by atoms with Crippen LogP contribution in [-0.4, -0.2) is 97.5 Å². The van der Waals surface area contributed by atoms with Gasteiger partial charge in [-0.3, -0.25) is 0 Å². The summed E-state index contributed by atoms with van der Waals surface area (Å²) >= 11 is 0. The van der Waals surface area contributed by atoms with Crippen LogP contribution >= 0.6 is 0 Å². The van der Waals surface area contributed by atoms with Gasteiger partial charge in [0.2, 0.25) is 0 Å². The minimum Gasteiger partial charge on any atom is -0.402 e. The first-order valence-electron chi connectivity index (χ1n) is 50.3. The Hall–Kier alpha value is -0.175. The molecule has 0 saturated carbocycles. The molecule has 0 bridgehead atoms. The zero-order chi connectivity index (χ0) is 77.9. The van der Waals surface area contributed by atoms with E-state index >= 15 is 0 Å². The Morgan fingerprint density at radius 1 is 0.123 bits per heavy atom. The van der Waals surface area contributed by atoms with E-state index in [-0.39, 0.29) is 0 Å². The highest BCUT2D eigenvalue weighted by atomic mass is 16.5. The Morgan fingerprint density at radius 2 is 0.179 bits per heavy atom. The minimum atomic E-state index is -2.17. The SMILES string of the molecule is CCCCCCCCCCCCCCCCN(C)CCCCCCCCCCCCCCCC.CCCCCCCCCCCCCCCCN(C)CCCCCCCCCCCCCCCC.CCCCCCCCCCCCCCCCN(C)CCCCCCCCCCCCCCCC.OB(O)O. The van der Waals surface area contributed by atoms with E-state index in [1.807, 2.05) is 0 Å². The van der Waals surface area contributed by atoms with Gasteiger partial charge in [0.05, 0.1) is 0 Å². The number of hydrogen-bond acceptors (Lipinski definition) is 6. The molecular formula is C99H210BN3O3. The molecule has 6 nitrogen and oxygen atoms in total. The second-order valence-corrected chi connectivity index (χ2v) is 34.8. The van der Waals surface area contributed by atoms with Gasteiger partial charge in [0.15, 0.2) is 0 Å². The summed E-state index contributed by atoms with van der Waals surface area (Å²) < 4.78 is 0. The van der Waals surface area contributed by atoms with Crippen LogP contribution in [0.3, 0.4) is 0 Å². The molecule has 0 spiro atoms. The van der Waals surface area contributed by atoms with Gasteiger partial charge in [0.1, 0.15) is 0 Å². The van der Waals surface area contributed by atoms with Gasteiger partial charge < -0.3 is 29.8 Å². The van der Waals surface area contributed by atoms with Crippen LogP contribution in [0.5, 0.6) is 0 Å². The summed E-state index contributed by atoms with van der Waals surface area (Å²) in [6, 6.07) is 0. The van der Waals surface area contributed by atoms with Gasteiger partial charge in [-0.05, 0) is 98.9 Å². The van der Waals surface area contributed by atoms with E-state index in [1.54, 1.807) is 0 Å². The zero-order valence-corrected chi connectivity index (χ0v) is 75.9. The highest BCUT2D eigenvalue weighted by molar-refractivity contribution is 6.30.